The van der Waals surface area contributed by atoms with Gasteiger partial charge < -0.3 is 15.7 Å². The molecule has 2 amide bonds. The molecule has 0 fully saturated rings. The molecule has 0 unspecified atom stereocenters. The molecule has 134 valence electrons. The van der Waals surface area contributed by atoms with Gasteiger partial charge in [-0.15, -0.1) is 0 Å². The Bertz CT molecular complexity index is 867. The van der Waals surface area contributed by atoms with Gasteiger partial charge in [-0.2, -0.15) is 0 Å². The monoisotopic (exact) mass is 384 g/mol. The van der Waals surface area contributed by atoms with E-state index in [0.29, 0.717) is 5.69 Å². The highest BCUT2D eigenvalue weighted by Crippen LogP contribution is 2.28. The fraction of sp³-hybridized carbons (Fsp3) is 0.200. The van der Waals surface area contributed by atoms with Crippen LogP contribution in [-0.4, -0.2) is 30.6 Å². The number of aromatic hydroxyl groups is 1. The molecule has 0 radical (unpaired) electrons. The number of benzene rings is 1. The van der Waals surface area contributed by atoms with E-state index < -0.39 is 16.1 Å². The van der Waals surface area contributed by atoms with Crippen LogP contribution in [0.3, 0.4) is 0 Å². The van der Waals surface area contributed by atoms with E-state index in [0.717, 1.165) is 6.20 Å². The van der Waals surface area contributed by atoms with E-state index in [2.05, 4.69) is 15.6 Å². The minimum Gasteiger partial charge on any atom is -0.508 e. The Morgan fingerprint density at radius 2 is 2.00 bits per heavy atom. The van der Waals surface area contributed by atoms with Gasteiger partial charge in [0.15, 0.2) is 0 Å². The van der Waals surface area contributed by atoms with E-state index in [9.17, 15) is 18.3 Å². The lowest BCUT2D eigenvalue weighted by molar-refractivity contribution is 0.243. The Balaban J connectivity index is 2.32. The zero-order chi connectivity index (χ0) is 18.6. The van der Waals surface area contributed by atoms with Crippen LogP contribution < -0.4 is 15.4 Å². The first kappa shape index (κ1) is 18.8. The first-order valence-electron chi connectivity index (χ1n) is 7.21. The number of rotatable bonds is 5. The second kappa shape index (κ2) is 7.58. The lowest BCUT2D eigenvalue weighted by Gasteiger charge is -2.14. The average molecular weight is 385 g/mol. The second-order valence-electron chi connectivity index (χ2n) is 5.43. The number of halogens is 1. The van der Waals surface area contributed by atoms with E-state index in [1.807, 2.05) is 4.72 Å². The number of pyridine rings is 1. The van der Waals surface area contributed by atoms with Crippen LogP contribution in [0.15, 0.2) is 41.6 Å². The molecule has 8 nitrogen and oxygen atoms in total. The normalized spacial score (nSPS) is 11.2. The standard InChI is InChI=1S/C15H17ClN4O4S/c1-9(2)18-15(22)20-25(23,24)14-8-17-4-3-13(14)19-11-5-10(16)6-12(21)7-11/h3-9,21H,1-2H3,(H,17,19)(H2,18,20,22). The number of urea groups is 1. The number of phenols is 1. The Kier molecular flexibility index (Phi) is 5.70. The molecule has 0 aliphatic heterocycles. The topological polar surface area (TPSA) is 120 Å². The molecule has 1 heterocycles. The molecule has 0 aliphatic carbocycles. The number of carbonyl (C=O) groups excluding carboxylic acids is 1. The van der Waals surface area contributed by atoms with E-state index >= 15 is 0 Å². The Hall–Kier alpha value is -2.52. The lowest BCUT2D eigenvalue weighted by Crippen LogP contribution is -2.42. The number of hydrogen-bond acceptors (Lipinski definition) is 6. The average Bonchev–Trinajstić information content (AvgIpc) is 2.44. The third kappa shape index (κ3) is 5.23. The molecule has 1 aromatic heterocycles. The summed E-state index contributed by atoms with van der Waals surface area (Å²) >= 11 is 5.87. The van der Waals surface area contributed by atoms with Crippen LogP contribution in [0.5, 0.6) is 5.75 Å². The van der Waals surface area contributed by atoms with Gasteiger partial charge in [0.25, 0.3) is 10.0 Å². The van der Waals surface area contributed by atoms with Crippen molar-refractivity contribution in [1.29, 1.82) is 0 Å². The number of phenolic OH excluding ortho intramolecular Hbond substituents is 1. The van der Waals surface area contributed by atoms with Crippen molar-refractivity contribution >= 4 is 39.0 Å². The molecule has 0 bridgehead atoms. The summed E-state index contributed by atoms with van der Waals surface area (Å²) in [4.78, 5) is 15.3. The highest BCUT2D eigenvalue weighted by Gasteiger charge is 2.22. The molecular formula is C15H17ClN4O4S. The first-order valence-corrected chi connectivity index (χ1v) is 9.07. The van der Waals surface area contributed by atoms with Gasteiger partial charge >= 0.3 is 6.03 Å². The minimum atomic E-state index is -4.16. The maximum Gasteiger partial charge on any atom is 0.328 e. The summed E-state index contributed by atoms with van der Waals surface area (Å²) in [6.45, 7) is 3.41. The van der Waals surface area contributed by atoms with Crippen LogP contribution in [0.4, 0.5) is 16.2 Å². The molecule has 4 N–H and O–H groups in total. The van der Waals surface area contributed by atoms with Crippen molar-refractivity contribution in [3.05, 3.63) is 41.7 Å². The predicted octanol–water partition coefficient (Wildman–Crippen LogP) is 2.58. The highest BCUT2D eigenvalue weighted by molar-refractivity contribution is 7.90. The SMILES string of the molecule is CC(C)NC(=O)NS(=O)(=O)c1cnccc1Nc1cc(O)cc(Cl)c1. The van der Waals surface area contributed by atoms with Crippen LogP contribution >= 0.6 is 11.6 Å². The van der Waals surface area contributed by atoms with Crippen LogP contribution in [0.25, 0.3) is 0 Å². The molecule has 0 saturated heterocycles. The van der Waals surface area contributed by atoms with Crippen LogP contribution in [0.1, 0.15) is 13.8 Å². The van der Waals surface area contributed by atoms with Gasteiger partial charge in [0, 0.05) is 35.2 Å². The fourth-order valence-corrected chi connectivity index (χ4v) is 3.22. The maximum atomic E-state index is 12.4. The Morgan fingerprint density at radius 1 is 1.28 bits per heavy atom. The Morgan fingerprint density at radius 3 is 2.64 bits per heavy atom. The van der Waals surface area contributed by atoms with Crippen LogP contribution in [0.2, 0.25) is 5.02 Å². The number of anilines is 2. The van der Waals surface area contributed by atoms with Crippen molar-refractivity contribution in [3.63, 3.8) is 0 Å². The number of hydrogen-bond donors (Lipinski definition) is 4. The number of nitrogens with one attached hydrogen (secondary N) is 3. The minimum absolute atomic E-state index is 0.0806. The largest absolute Gasteiger partial charge is 0.508 e. The van der Waals surface area contributed by atoms with Gasteiger partial charge in [0.05, 0.1) is 5.69 Å². The molecule has 0 spiro atoms. The summed E-state index contributed by atoms with van der Waals surface area (Å²) in [5.41, 5.74) is 0.542. The molecule has 0 aliphatic rings. The molecule has 25 heavy (non-hydrogen) atoms. The van der Waals surface area contributed by atoms with Crippen molar-refractivity contribution in [1.82, 2.24) is 15.0 Å². The summed E-state index contributed by atoms with van der Waals surface area (Å²) in [5.74, 6) is -0.0806. The van der Waals surface area contributed by atoms with Crippen molar-refractivity contribution in [2.75, 3.05) is 5.32 Å². The van der Waals surface area contributed by atoms with Crippen molar-refractivity contribution in [3.8, 4) is 5.75 Å². The van der Waals surface area contributed by atoms with Crippen LogP contribution in [0, 0.1) is 0 Å². The summed E-state index contributed by atoms with van der Waals surface area (Å²) < 4.78 is 26.8. The summed E-state index contributed by atoms with van der Waals surface area (Å²) in [6, 6.07) is 4.58. The zero-order valence-electron chi connectivity index (χ0n) is 13.4. The molecule has 2 aromatic rings. The van der Waals surface area contributed by atoms with E-state index in [1.165, 1.54) is 30.5 Å². The van der Waals surface area contributed by atoms with Crippen molar-refractivity contribution < 1.29 is 18.3 Å². The number of sulfonamides is 1. The zero-order valence-corrected chi connectivity index (χ0v) is 15.0. The van der Waals surface area contributed by atoms with Gasteiger partial charge in [-0.25, -0.2) is 17.9 Å². The molecular weight excluding hydrogens is 368 g/mol. The van der Waals surface area contributed by atoms with Gasteiger partial charge in [0.2, 0.25) is 0 Å². The number of aromatic nitrogens is 1. The lowest BCUT2D eigenvalue weighted by atomic mass is 10.3. The predicted molar refractivity (Wildman–Crippen MR) is 94.6 cm³/mol. The van der Waals surface area contributed by atoms with Gasteiger partial charge in [-0.1, -0.05) is 11.6 Å². The molecule has 0 atom stereocenters. The highest BCUT2D eigenvalue weighted by atomic mass is 35.5. The van der Waals surface area contributed by atoms with Gasteiger partial charge in [-0.05, 0) is 32.0 Å². The smallest absolute Gasteiger partial charge is 0.328 e. The second-order valence-corrected chi connectivity index (χ2v) is 7.52. The van der Waals surface area contributed by atoms with Crippen molar-refractivity contribution in [2.24, 2.45) is 0 Å². The number of nitrogens with zero attached hydrogens (tertiary/aromatic N) is 1. The van der Waals surface area contributed by atoms with E-state index in [4.69, 9.17) is 11.6 Å². The molecule has 2 rings (SSSR count). The molecule has 10 heteroatoms. The maximum absolute atomic E-state index is 12.4. The number of amides is 2. The van der Waals surface area contributed by atoms with Crippen LogP contribution in [-0.2, 0) is 10.0 Å². The van der Waals surface area contributed by atoms with Crippen molar-refractivity contribution in [2.45, 2.75) is 24.8 Å². The fourth-order valence-electron chi connectivity index (χ4n) is 1.97. The van der Waals surface area contributed by atoms with E-state index in [-0.39, 0.29) is 27.4 Å². The molecule has 1 aromatic carbocycles. The first-order chi connectivity index (χ1) is 11.7. The summed E-state index contributed by atoms with van der Waals surface area (Å²) in [5, 5.41) is 15.1. The summed E-state index contributed by atoms with van der Waals surface area (Å²) in [6.07, 6.45) is 2.50. The van der Waals surface area contributed by atoms with Gasteiger partial charge in [0.1, 0.15) is 10.6 Å². The molecule has 0 saturated carbocycles. The third-order valence-corrected chi connectivity index (χ3v) is 4.46. The summed E-state index contributed by atoms with van der Waals surface area (Å²) in [7, 11) is -4.16. The third-order valence-electron chi connectivity index (χ3n) is 2.88. The quantitative estimate of drug-likeness (QED) is 0.628. The Labute approximate surface area is 150 Å². The van der Waals surface area contributed by atoms with Gasteiger partial charge in [-0.3, -0.25) is 4.98 Å². The number of carbonyl (C=O) groups is 1. The van der Waals surface area contributed by atoms with E-state index in [1.54, 1.807) is 13.8 Å².